The Hall–Kier alpha value is -3.31. The van der Waals surface area contributed by atoms with Crippen LogP contribution in [0.1, 0.15) is 54.8 Å². The Labute approximate surface area is 214 Å². The van der Waals surface area contributed by atoms with Gasteiger partial charge in [0.05, 0.1) is 13.2 Å². The van der Waals surface area contributed by atoms with Gasteiger partial charge in [0.25, 0.3) is 0 Å². The van der Waals surface area contributed by atoms with Crippen LogP contribution in [0.2, 0.25) is 0 Å². The number of methoxy groups -OCH3 is 1. The van der Waals surface area contributed by atoms with E-state index in [4.69, 9.17) is 9.47 Å². The predicted molar refractivity (Wildman–Crippen MR) is 142 cm³/mol. The fourth-order valence-electron chi connectivity index (χ4n) is 6.06. The summed E-state index contributed by atoms with van der Waals surface area (Å²) in [6.45, 7) is 0.969. The van der Waals surface area contributed by atoms with Crippen molar-refractivity contribution in [1.82, 2.24) is 10.2 Å². The maximum Gasteiger partial charge on any atom is 0.410 e. The highest BCUT2D eigenvalue weighted by atomic mass is 16.6. The second-order valence-corrected chi connectivity index (χ2v) is 9.95. The maximum atomic E-state index is 13.8. The molecule has 1 N–H and O–H groups in total. The summed E-state index contributed by atoms with van der Waals surface area (Å²) in [5.41, 5.74) is 3.27. The number of benzene rings is 3. The first kappa shape index (κ1) is 24.4. The summed E-state index contributed by atoms with van der Waals surface area (Å²) in [6.07, 6.45) is 5.40. The van der Waals surface area contributed by atoms with Crippen LogP contribution >= 0.6 is 0 Å². The molecule has 1 heterocycles. The van der Waals surface area contributed by atoms with Gasteiger partial charge in [-0.05, 0) is 42.4 Å². The number of nitrogens with zero attached hydrogens (tertiary/aromatic N) is 1. The number of piperidine rings is 1. The van der Waals surface area contributed by atoms with Crippen LogP contribution in [0, 0.1) is 5.92 Å². The van der Waals surface area contributed by atoms with E-state index in [2.05, 4.69) is 40.5 Å². The lowest BCUT2D eigenvalue weighted by atomic mass is 9.73. The zero-order valence-electron chi connectivity index (χ0n) is 21.0. The molecule has 5 rings (SSSR count). The second-order valence-electron chi connectivity index (χ2n) is 9.95. The van der Waals surface area contributed by atoms with Crippen LogP contribution in [-0.2, 0) is 17.9 Å². The van der Waals surface area contributed by atoms with Gasteiger partial charge >= 0.3 is 6.09 Å². The Balaban J connectivity index is 1.44. The molecule has 3 aromatic carbocycles. The van der Waals surface area contributed by atoms with Crippen molar-refractivity contribution < 1.29 is 14.3 Å². The topological polar surface area (TPSA) is 50.8 Å². The zero-order chi connectivity index (χ0) is 24.7. The third kappa shape index (κ3) is 5.41. The Kier molecular flexibility index (Phi) is 7.87. The molecule has 4 unspecified atom stereocenters. The number of hydrogen-bond donors (Lipinski definition) is 1. The largest absolute Gasteiger partial charge is 0.496 e. The number of para-hydroxylation sites is 1. The van der Waals surface area contributed by atoms with Crippen molar-refractivity contribution in [3.8, 4) is 5.75 Å². The first-order valence-corrected chi connectivity index (χ1v) is 13.1. The van der Waals surface area contributed by atoms with Gasteiger partial charge in [-0.3, -0.25) is 4.90 Å². The molecule has 5 nitrogen and oxygen atoms in total. The molecule has 0 bridgehead atoms. The van der Waals surface area contributed by atoms with Gasteiger partial charge in [-0.1, -0.05) is 91.7 Å². The SMILES string of the molecule is COc1ccccc1CNC1CC2CCCCC2N(C(=O)OCc2ccccc2)C1c1ccccc1. The molecule has 1 amide bonds. The van der Waals surface area contributed by atoms with Gasteiger partial charge in [-0.15, -0.1) is 0 Å². The molecule has 0 radical (unpaired) electrons. The number of likely N-dealkylation sites (tertiary alicyclic amines) is 1. The molecule has 4 atom stereocenters. The zero-order valence-corrected chi connectivity index (χ0v) is 21.0. The van der Waals surface area contributed by atoms with E-state index in [1.54, 1.807) is 7.11 Å². The summed E-state index contributed by atoms with van der Waals surface area (Å²) in [5.74, 6) is 1.35. The fourth-order valence-corrected chi connectivity index (χ4v) is 6.06. The molecule has 1 aliphatic carbocycles. The molecule has 2 aliphatic rings. The van der Waals surface area contributed by atoms with Crippen LogP contribution in [0.15, 0.2) is 84.9 Å². The number of ether oxygens (including phenoxy) is 2. The van der Waals surface area contributed by atoms with Gasteiger partial charge in [0.15, 0.2) is 0 Å². The van der Waals surface area contributed by atoms with Gasteiger partial charge in [0.1, 0.15) is 12.4 Å². The van der Waals surface area contributed by atoms with Crippen molar-refractivity contribution >= 4 is 6.09 Å². The highest BCUT2D eigenvalue weighted by Crippen LogP contribution is 2.44. The van der Waals surface area contributed by atoms with Gasteiger partial charge in [-0.25, -0.2) is 4.79 Å². The molecule has 1 aliphatic heterocycles. The lowest BCUT2D eigenvalue weighted by Gasteiger charge is -2.51. The van der Waals surface area contributed by atoms with Gasteiger partial charge in [-0.2, -0.15) is 0 Å². The van der Waals surface area contributed by atoms with Crippen LogP contribution in [-0.4, -0.2) is 30.2 Å². The van der Waals surface area contributed by atoms with E-state index >= 15 is 0 Å². The lowest BCUT2D eigenvalue weighted by Crippen LogP contribution is -2.59. The van der Waals surface area contributed by atoms with E-state index in [-0.39, 0.29) is 30.8 Å². The summed E-state index contributed by atoms with van der Waals surface area (Å²) in [4.78, 5) is 15.9. The Morgan fingerprint density at radius 2 is 1.61 bits per heavy atom. The van der Waals surface area contributed by atoms with E-state index in [9.17, 15) is 4.79 Å². The number of amides is 1. The molecular formula is C31H36N2O3. The molecule has 188 valence electrons. The molecular weight excluding hydrogens is 448 g/mol. The van der Waals surface area contributed by atoms with Crippen molar-refractivity contribution in [2.24, 2.45) is 5.92 Å². The third-order valence-corrected chi connectivity index (χ3v) is 7.77. The summed E-state index contributed by atoms with van der Waals surface area (Å²) in [7, 11) is 1.71. The standard InChI is InChI=1S/C31H36N2O3/c1-35-29-19-11-9-17-26(29)21-32-27-20-25-16-8-10-18-28(25)33(30(27)24-14-6-3-7-15-24)31(34)36-22-23-12-4-2-5-13-23/h2-7,9,11-15,17,19,25,27-28,30,32H,8,10,16,18,20-22H2,1H3. The first-order chi connectivity index (χ1) is 17.7. The predicted octanol–water partition coefficient (Wildman–Crippen LogP) is 6.50. The monoisotopic (exact) mass is 484 g/mol. The lowest BCUT2D eigenvalue weighted by molar-refractivity contribution is -0.0126. The van der Waals surface area contributed by atoms with Crippen LogP contribution in [0.3, 0.4) is 0 Å². The van der Waals surface area contributed by atoms with Crippen molar-refractivity contribution in [2.75, 3.05) is 7.11 Å². The second kappa shape index (κ2) is 11.6. The van der Waals surface area contributed by atoms with E-state index in [1.165, 1.54) is 6.42 Å². The number of fused-ring (bicyclic) bond motifs is 1. The van der Waals surface area contributed by atoms with Crippen molar-refractivity contribution in [2.45, 2.75) is 63.4 Å². The molecule has 0 aromatic heterocycles. The molecule has 5 heteroatoms. The average Bonchev–Trinajstić information content (AvgIpc) is 2.95. The minimum Gasteiger partial charge on any atom is -0.496 e. The van der Waals surface area contributed by atoms with Gasteiger partial charge in [0.2, 0.25) is 0 Å². The van der Waals surface area contributed by atoms with E-state index in [0.717, 1.165) is 48.1 Å². The molecule has 0 spiro atoms. The normalized spacial score (nSPS) is 23.5. The average molecular weight is 485 g/mol. The maximum absolute atomic E-state index is 13.8. The number of rotatable bonds is 7. The summed E-state index contributed by atoms with van der Waals surface area (Å²) < 4.78 is 11.5. The molecule has 1 saturated heterocycles. The Bertz CT molecular complexity index is 1120. The van der Waals surface area contributed by atoms with Crippen molar-refractivity contribution in [3.05, 3.63) is 102 Å². The summed E-state index contributed by atoms with van der Waals surface area (Å²) in [5, 5.41) is 3.82. The van der Waals surface area contributed by atoms with Crippen molar-refractivity contribution in [1.29, 1.82) is 0 Å². The van der Waals surface area contributed by atoms with Crippen LogP contribution < -0.4 is 10.1 Å². The van der Waals surface area contributed by atoms with Crippen LogP contribution in [0.4, 0.5) is 4.79 Å². The van der Waals surface area contributed by atoms with Gasteiger partial charge < -0.3 is 14.8 Å². The summed E-state index contributed by atoms with van der Waals surface area (Å²) in [6, 6.07) is 28.7. The highest BCUT2D eigenvalue weighted by molar-refractivity contribution is 5.69. The minimum atomic E-state index is -0.214. The number of hydrogen-bond acceptors (Lipinski definition) is 4. The van der Waals surface area contributed by atoms with Crippen LogP contribution in [0.5, 0.6) is 5.75 Å². The molecule has 2 fully saturated rings. The van der Waals surface area contributed by atoms with E-state index in [1.807, 2.05) is 54.6 Å². The number of nitrogens with one attached hydrogen (secondary N) is 1. The highest BCUT2D eigenvalue weighted by Gasteiger charge is 2.47. The fraction of sp³-hybridized carbons (Fsp3) is 0.387. The van der Waals surface area contributed by atoms with Crippen LogP contribution in [0.25, 0.3) is 0 Å². The summed E-state index contributed by atoms with van der Waals surface area (Å²) >= 11 is 0. The van der Waals surface area contributed by atoms with E-state index in [0.29, 0.717) is 12.5 Å². The molecule has 3 aromatic rings. The number of carbonyl (C=O) groups is 1. The Morgan fingerprint density at radius 1 is 0.917 bits per heavy atom. The third-order valence-electron chi connectivity index (χ3n) is 7.77. The molecule has 1 saturated carbocycles. The molecule has 36 heavy (non-hydrogen) atoms. The minimum absolute atomic E-state index is 0.0940. The quantitative estimate of drug-likeness (QED) is 0.416. The van der Waals surface area contributed by atoms with E-state index < -0.39 is 0 Å². The van der Waals surface area contributed by atoms with Crippen molar-refractivity contribution in [3.63, 3.8) is 0 Å². The first-order valence-electron chi connectivity index (χ1n) is 13.1. The number of carbonyl (C=O) groups excluding carboxylic acids is 1. The Morgan fingerprint density at radius 3 is 2.39 bits per heavy atom. The smallest absolute Gasteiger partial charge is 0.410 e. The van der Waals surface area contributed by atoms with Gasteiger partial charge in [0, 0.05) is 24.2 Å².